The molecule has 3 rings (SSSR count). The lowest BCUT2D eigenvalue weighted by molar-refractivity contribution is 0.0336. The number of nitrogens with zero attached hydrogens (tertiary/aromatic N) is 1. The standard InChI is InChI=1S/C15H19BrFNO/c1-18-10-5-6-11(18)8-9(7-10)15(19)12-3-2-4-13(16)14(12)17/h2-4,9-11,15,19H,5-8H2,1H3. The summed E-state index contributed by atoms with van der Waals surface area (Å²) in [6.45, 7) is 0. The minimum Gasteiger partial charge on any atom is -0.388 e. The van der Waals surface area contributed by atoms with Crippen LogP contribution in [0.25, 0.3) is 0 Å². The van der Waals surface area contributed by atoms with Crippen LogP contribution >= 0.6 is 15.9 Å². The van der Waals surface area contributed by atoms with Crippen LogP contribution in [0.5, 0.6) is 0 Å². The van der Waals surface area contributed by atoms with Crippen LogP contribution < -0.4 is 0 Å². The Labute approximate surface area is 121 Å². The van der Waals surface area contributed by atoms with Crippen molar-refractivity contribution in [3.05, 3.63) is 34.1 Å². The van der Waals surface area contributed by atoms with E-state index in [0.29, 0.717) is 22.1 Å². The Kier molecular flexibility index (Phi) is 3.67. The molecule has 19 heavy (non-hydrogen) atoms. The molecule has 0 amide bonds. The summed E-state index contributed by atoms with van der Waals surface area (Å²) >= 11 is 3.19. The maximum Gasteiger partial charge on any atom is 0.143 e. The van der Waals surface area contributed by atoms with Crippen molar-refractivity contribution in [1.29, 1.82) is 0 Å². The van der Waals surface area contributed by atoms with Gasteiger partial charge in [-0.05, 0) is 60.6 Å². The molecule has 104 valence electrons. The molecule has 3 unspecified atom stereocenters. The molecular formula is C15H19BrFNO. The lowest BCUT2D eigenvalue weighted by Gasteiger charge is -2.38. The first-order valence-corrected chi connectivity index (χ1v) is 7.71. The Hall–Kier alpha value is -0.450. The number of halogens is 2. The second-order valence-corrected chi connectivity index (χ2v) is 6.72. The topological polar surface area (TPSA) is 23.5 Å². The van der Waals surface area contributed by atoms with Gasteiger partial charge in [-0.25, -0.2) is 4.39 Å². The number of hydrogen-bond acceptors (Lipinski definition) is 2. The molecule has 0 saturated carbocycles. The van der Waals surface area contributed by atoms with Gasteiger partial charge in [0.05, 0.1) is 10.6 Å². The first kappa shape index (κ1) is 13.5. The monoisotopic (exact) mass is 327 g/mol. The van der Waals surface area contributed by atoms with Crippen molar-refractivity contribution >= 4 is 15.9 Å². The van der Waals surface area contributed by atoms with Crippen molar-refractivity contribution in [3.8, 4) is 0 Å². The highest BCUT2D eigenvalue weighted by molar-refractivity contribution is 9.10. The normalized spacial score (nSPS) is 32.5. The summed E-state index contributed by atoms with van der Waals surface area (Å²) in [4.78, 5) is 2.43. The van der Waals surface area contributed by atoms with Gasteiger partial charge >= 0.3 is 0 Å². The smallest absolute Gasteiger partial charge is 0.143 e. The predicted octanol–water partition coefficient (Wildman–Crippen LogP) is 3.49. The van der Waals surface area contributed by atoms with Crippen LogP contribution in [-0.4, -0.2) is 29.1 Å². The fraction of sp³-hybridized carbons (Fsp3) is 0.600. The number of aliphatic hydroxyl groups excluding tert-OH is 1. The molecule has 2 bridgehead atoms. The number of fused-ring (bicyclic) bond motifs is 2. The molecule has 0 aliphatic carbocycles. The number of piperidine rings is 1. The Balaban J connectivity index is 1.81. The lowest BCUT2D eigenvalue weighted by Crippen LogP contribution is -2.41. The van der Waals surface area contributed by atoms with Gasteiger partial charge < -0.3 is 10.0 Å². The minimum atomic E-state index is -0.686. The van der Waals surface area contributed by atoms with Gasteiger partial charge in [-0.2, -0.15) is 0 Å². The highest BCUT2D eigenvalue weighted by atomic mass is 79.9. The van der Waals surface area contributed by atoms with Gasteiger partial charge in [0.25, 0.3) is 0 Å². The Bertz CT molecular complexity index is 467. The van der Waals surface area contributed by atoms with E-state index in [1.54, 1.807) is 18.2 Å². The fourth-order valence-corrected chi connectivity index (χ4v) is 4.10. The zero-order valence-corrected chi connectivity index (χ0v) is 12.6. The third-order valence-corrected chi connectivity index (χ3v) is 5.49. The van der Waals surface area contributed by atoms with Crippen molar-refractivity contribution in [2.24, 2.45) is 5.92 Å². The van der Waals surface area contributed by atoms with Gasteiger partial charge in [0.2, 0.25) is 0 Å². The molecule has 1 aromatic rings. The summed E-state index contributed by atoms with van der Waals surface area (Å²) in [6, 6.07) is 6.28. The van der Waals surface area contributed by atoms with Crippen LogP contribution in [0.3, 0.4) is 0 Å². The van der Waals surface area contributed by atoms with Crippen LogP contribution in [0.2, 0.25) is 0 Å². The number of rotatable bonds is 2. The molecule has 2 heterocycles. The summed E-state index contributed by atoms with van der Waals surface area (Å²) in [5, 5.41) is 10.5. The Morgan fingerprint density at radius 1 is 1.32 bits per heavy atom. The van der Waals surface area contributed by atoms with Crippen LogP contribution in [0.15, 0.2) is 22.7 Å². The summed E-state index contributed by atoms with van der Waals surface area (Å²) in [5.41, 5.74) is 0.434. The van der Waals surface area contributed by atoms with Crippen LogP contribution in [-0.2, 0) is 0 Å². The largest absolute Gasteiger partial charge is 0.388 e. The van der Waals surface area contributed by atoms with E-state index < -0.39 is 6.10 Å². The van der Waals surface area contributed by atoms with E-state index in [1.165, 1.54) is 12.8 Å². The zero-order chi connectivity index (χ0) is 13.6. The first-order chi connectivity index (χ1) is 9.08. The summed E-state index contributed by atoms with van der Waals surface area (Å²) in [6.07, 6.45) is 3.69. The fourth-order valence-electron chi connectivity index (χ4n) is 3.71. The molecule has 0 aromatic heterocycles. The molecule has 1 N–H and O–H groups in total. The van der Waals surface area contributed by atoms with Gasteiger partial charge in [0.15, 0.2) is 0 Å². The van der Waals surface area contributed by atoms with Gasteiger partial charge in [0.1, 0.15) is 5.82 Å². The van der Waals surface area contributed by atoms with E-state index in [1.807, 2.05) is 0 Å². The van der Waals surface area contributed by atoms with Crippen molar-refractivity contribution in [2.75, 3.05) is 7.05 Å². The quantitative estimate of drug-likeness (QED) is 0.898. The van der Waals surface area contributed by atoms with Crippen LogP contribution in [0.4, 0.5) is 4.39 Å². The minimum absolute atomic E-state index is 0.178. The van der Waals surface area contributed by atoms with Gasteiger partial charge in [-0.15, -0.1) is 0 Å². The first-order valence-electron chi connectivity index (χ1n) is 6.92. The second-order valence-electron chi connectivity index (χ2n) is 5.87. The third-order valence-electron chi connectivity index (χ3n) is 4.88. The number of hydrogen-bond donors (Lipinski definition) is 1. The molecule has 0 spiro atoms. The average molecular weight is 328 g/mol. The van der Waals surface area contributed by atoms with Crippen molar-refractivity contribution in [2.45, 2.75) is 43.9 Å². The lowest BCUT2D eigenvalue weighted by atomic mass is 9.83. The third kappa shape index (κ3) is 2.34. The average Bonchev–Trinajstić information content (AvgIpc) is 2.64. The van der Waals surface area contributed by atoms with Gasteiger partial charge in [0, 0.05) is 17.6 Å². The van der Waals surface area contributed by atoms with Gasteiger partial charge in [-0.1, -0.05) is 12.1 Å². The molecule has 0 radical (unpaired) electrons. The maximum absolute atomic E-state index is 14.1. The molecule has 2 fully saturated rings. The molecule has 2 aliphatic heterocycles. The van der Waals surface area contributed by atoms with Crippen LogP contribution in [0.1, 0.15) is 37.4 Å². The van der Waals surface area contributed by atoms with E-state index in [9.17, 15) is 9.50 Å². The molecule has 4 heteroatoms. The molecule has 1 aromatic carbocycles. The van der Waals surface area contributed by atoms with Gasteiger partial charge in [-0.3, -0.25) is 0 Å². The van der Waals surface area contributed by atoms with E-state index in [0.717, 1.165) is 12.8 Å². The van der Waals surface area contributed by atoms with Crippen molar-refractivity contribution < 1.29 is 9.50 Å². The van der Waals surface area contributed by atoms with E-state index >= 15 is 0 Å². The SMILES string of the molecule is CN1C2CCC1CC(C(O)c1cccc(Br)c1F)C2. The molecular weight excluding hydrogens is 309 g/mol. The van der Waals surface area contributed by atoms with Crippen molar-refractivity contribution in [3.63, 3.8) is 0 Å². The van der Waals surface area contributed by atoms with Crippen molar-refractivity contribution in [1.82, 2.24) is 4.90 Å². The highest BCUT2D eigenvalue weighted by Gasteiger charge is 2.41. The van der Waals surface area contributed by atoms with E-state index in [2.05, 4.69) is 27.9 Å². The zero-order valence-electron chi connectivity index (χ0n) is 11.0. The second kappa shape index (κ2) is 5.15. The van der Waals surface area contributed by atoms with E-state index in [4.69, 9.17) is 0 Å². The predicted molar refractivity (Wildman–Crippen MR) is 76.4 cm³/mol. The number of benzene rings is 1. The molecule has 2 nitrogen and oxygen atoms in total. The Morgan fingerprint density at radius 2 is 1.95 bits per heavy atom. The van der Waals surface area contributed by atoms with E-state index in [-0.39, 0.29) is 11.7 Å². The summed E-state index contributed by atoms with van der Waals surface area (Å²) in [5.74, 6) is -0.140. The molecule has 2 aliphatic rings. The molecule has 2 saturated heterocycles. The summed E-state index contributed by atoms with van der Waals surface area (Å²) < 4.78 is 14.5. The number of aliphatic hydroxyl groups is 1. The highest BCUT2D eigenvalue weighted by Crippen LogP contribution is 2.43. The summed E-state index contributed by atoms with van der Waals surface area (Å²) in [7, 11) is 2.17. The van der Waals surface area contributed by atoms with Crippen LogP contribution in [0, 0.1) is 11.7 Å². The maximum atomic E-state index is 14.1. The Morgan fingerprint density at radius 3 is 2.58 bits per heavy atom. The molecule has 3 atom stereocenters.